The maximum absolute atomic E-state index is 13.8. The van der Waals surface area contributed by atoms with E-state index in [9.17, 15) is 26.4 Å². The Bertz CT molecular complexity index is 1530. The fourth-order valence-electron chi connectivity index (χ4n) is 5.32. The molecule has 3 aromatic rings. The molecule has 0 N–H and O–H groups in total. The van der Waals surface area contributed by atoms with Crippen LogP contribution in [0.2, 0.25) is 5.02 Å². The lowest BCUT2D eigenvalue weighted by atomic mass is 10.0. The minimum Gasteiger partial charge on any atom is -0.420 e. The SMILES string of the molecule is CC1CCCN(c2nc(C(F)(F)F)c(C(=O)Cc3ccc(N4CCCN(S(=O)(=O)c5ccccc5Cl)CC4)nc3)o2)C1. The van der Waals surface area contributed by atoms with Gasteiger partial charge in [-0.1, -0.05) is 36.7 Å². The largest absolute Gasteiger partial charge is 0.437 e. The molecule has 0 bridgehead atoms. The number of hydrogen-bond donors (Lipinski definition) is 0. The minimum atomic E-state index is -4.84. The van der Waals surface area contributed by atoms with Gasteiger partial charge in [0.1, 0.15) is 10.7 Å². The van der Waals surface area contributed by atoms with Gasteiger partial charge in [0.25, 0.3) is 6.01 Å². The first-order valence-electron chi connectivity index (χ1n) is 13.7. The van der Waals surface area contributed by atoms with Crippen LogP contribution in [0.25, 0.3) is 0 Å². The average molecular weight is 626 g/mol. The summed E-state index contributed by atoms with van der Waals surface area (Å²) >= 11 is 6.14. The van der Waals surface area contributed by atoms with Gasteiger partial charge in [-0.25, -0.2) is 13.4 Å². The molecule has 2 aromatic heterocycles. The molecule has 1 atom stereocenters. The quantitative estimate of drug-likeness (QED) is 0.326. The van der Waals surface area contributed by atoms with Crippen molar-refractivity contribution in [2.45, 2.75) is 43.7 Å². The summed E-state index contributed by atoms with van der Waals surface area (Å²) in [6, 6.07) is 9.43. The number of halogens is 4. The lowest BCUT2D eigenvalue weighted by molar-refractivity contribution is -0.141. The maximum atomic E-state index is 13.8. The summed E-state index contributed by atoms with van der Waals surface area (Å²) in [6.45, 7) is 4.49. The van der Waals surface area contributed by atoms with Crippen LogP contribution in [-0.2, 0) is 22.6 Å². The molecule has 0 saturated carbocycles. The number of pyridine rings is 1. The second-order valence-electron chi connectivity index (χ2n) is 10.7. The molecule has 1 aromatic carbocycles. The third-order valence-electron chi connectivity index (χ3n) is 7.47. The van der Waals surface area contributed by atoms with Crippen LogP contribution >= 0.6 is 11.6 Å². The summed E-state index contributed by atoms with van der Waals surface area (Å²) in [6.07, 6.45) is -1.42. The average Bonchev–Trinajstić information content (AvgIpc) is 3.26. The van der Waals surface area contributed by atoms with Crippen molar-refractivity contribution in [3.8, 4) is 0 Å². The minimum absolute atomic E-state index is 0.0605. The molecule has 226 valence electrons. The van der Waals surface area contributed by atoms with Gasteiger partial charge in [-0.15, -0.1) is 0 Å². The Morgan fingerprint density at radius 3 is 2.50 bits per heavy atom. The molecule has 0 amide bonds. The van der Waals surface area contributed by atoms with Crippen molar-refractivity contribution in [3.05, 3.63) is 64.6 Å². The molecule has 0 radical (unpaired) electrons. The van der Waals surface area contributed by atoms with Gasteiger partial charge in [-0.05, 0) is 48.9 Å². The van der Waals surface area contributed by atoms with E-state index in [1.807, 2.05) is 11.8 Å². The van der Waals surface area contributed by atoms with Crippen molar-refractivity contribution in [1.82, 2.24) is 14.3 Å². The van der Waals surface area contributed by atoms with Crippen molar-refractivity contribution in [3.63, 3.8) is 0 Å². The number of carbonyl (C=O) groups is 1. The number of anilines is 2. The van der Waals surface area contributed by atoms with E-state index in [2.05, 4.69) is 9.97 Å². The number of Topliss-reactive ketones (excluding diaryl/α,β-unsaturated/α-hetero) is 1. The van der Waals surface area contributed by atoms with Crippen LogP contribution in [-0.4, -0.2) is 67.7 Å². The molecule has 9 nitrogen and oxygen atoms in total. The fraction of sp³-hybridized carbons (Fsp3) is 0.464. The Hall–Kier alpha value is -3.16. The van der Waals surface area contributed by atoms with Crippen molar-refractivity contribution >= 4 is 39.2 Å². The monoisotopic (exact) mass is 625 g/mol. The van der Waals surface area contributed by atoms with E-state index in [4.69, 9.17) is 16.0 Å². The van der Waals surface area contributed by atoms with Crippen LogP contribution in [0.4, 0.5) is 25.0 Å². The highest BCUT2D eigenvalue weighted by Gasteiger charge is 2.42. The first kappa shape index (κ1) is 30.3. The summed E-state index contributed by atoms with van der Waals surface area (Å²) < 4.78 is 74.4. The van der Waals surface area contributed by atoms with E-state index in [-0.39, 0.29) is 34.8 Å². The molecule has 2 fully saturated rings. The van der Waals surface area contributed by atoms with E-state index >= 15 is 0 Å². The van der Waals surface area contributed by atoms with Crippen molar-refractivity contribution < 1.29 is 30.8 Å². The van der Waals surface area contributed by atoms with Crippen molar-refractivity contribution in [2.75, 3.05) is 49.1 Å². The van der Waals surface area contributed by atoms with Gasteiger partial charge in [-0.2, -0.15) is 22.5 Å². The number of nitrogens with zero attached hydrogens (tertiary/aromatic N) is 5. The number of carbonyl (C=O) groups excluding carboxylic acids is 1. The summed E-state index contributed by atoms with van der Waals surface area (Å²) in [5, 5.41) is 0.162. The number of sulfonamides is 1. The number of benzene rings is 1. The topological polar surface area (TPSA) is 99.9 Å². The zero-order chi connectivity index (χ0) is 30.1. The molecule has 2 saturated heterocycles. The standard InChI is InChI=1S/C28H31ClF3N5O4S/c1-19-6-4-11-36(18-19)27-34-26(28(30,31)32)25(41-27)22(38)16-20-9-10-24(33-17-20)35-12-5-13-37(15-14-35)42(39,40)23-8-3-2-7-21(23)29/h2-3,7-10,17,19H,4-6,11-16,18H2,1H3. The highest BCUT2D eigenvalue weighted by molar-refractivity contribution is 7.89. The molecule has 0 aliphatic carbocycles. The van der Waals surface area contributed by atoms with E-state index in [1.165, 1.54) is 22.6 Å². The second kappa shape index (κ2) is 12.2. The summed E-state index contributed by atoms with van der Waals surface area (Å²) in [7, 11) is -3.77. The molecule has 2 aliphatic heterocycles. The number of rotatable bonds is 7. The molecular formula is C28H31ClF3N5O4S. The van der Waals surface area contributed by atoms with Crippen LogP contribution in [0.15, 0.2) is 51.9 Å². The van der Waals surface area contributed by atoms with Crippen LogP contribution in [0, 0.1) is 5.92 Å². The summed E-state index contributed by atoms with van der Waals surface area (Å²) in [5.74, 6) is -0.786. The normalized spacial score (nSPS) is 19.1. The Labute approximate surface area is 247 Å². The molecular weight excluding hydrogens is 595 g/mol. The van der Waals surface area contributed by atoms with Crippen molar-refractivity contribution in [2.24, 2.45) is 5.92 Å². The summed E-state index contributed by atoms with van der Waals surface area (Å²) in [4.78, 5) is 24.7. The van der Waals surface area contributed by atoms with Crippen LogP contribution in [0.5, 0.6) is 0 Å². The predicted octanol–water partition coefficient (Wildman–Crippen LogP) is 5.30. The van der Waals surface area contributed by atoms with E-state index < -0.39 is 33.4 Å². The second-order valence-corrected chi connectivity index (χ2v) is 13.0. The van der Waals surface area contributed by atoms with Gasteiger partial charge in [0, 0.05) is 51.9 Å². The zero-order valence-corrected chi connectivity index (χ0v) is 24.6. The predicted molar refractivity (Wildman–Crippen MR) is 151 cm³/mol. The molecule has 4 heterocycles. The van der Waals surface area contributed by atoms with Gasteiger partial charge in [-0.3, -0.25) is 4.79 Å². The molecule has 14 heteroatoms. The van der Waals surface area contributed by atoms with Gasteiger partial charge >= 0.3 is 6.18 Å². The Morgan fingerprint density at radius 1 is 1.05 bits per heavy atom. The van der Waals surface area contributed by atoms with Crippen LogP contribution in [0.1, 0.15) is 48.0 Å². The fourth-order valence-corrected chi connectivity index (χ4v) is 7.28. The number of aromatic nitrogens is 2. The number of alkyl halides is 3. The number of ketones is 1. The third-order valence-corrected chi connectivity index (χ3v) is 9.87. The first-order chi connectivity index (χ1) is 19.9. The highest BCUT2D eigenvalue weighted by atomic mass is 35.5. The molecule has 42 heavy (non-hydrogen) atoms. The highest BCUT2D eigenvalue weighted by Crippen LogP contribution is 2.36. The van der Waals surface area contributed by atoms with Gasteiger partial charge in [0.15, 0.2) is 5.69 Å². The molecule has 2 aliphatic rings. The van der Waals surface area contributed by atoms with Gasteiger partial charge in [0.05, 0.1) is 5.02 Å². The van der Waals surface area contributed by atoms with Crippen molar-refractivity contribution in [1.29, 1.82) is 0 Å². The maximum Gasteiger partial charge on any atom is 0.437 e. The van der Waals surface area contributed by atoms with E-state index in [1.54, 1.807) is 29.2 Å². The first-order valence-corrected chi connectivity index (χ1v) is 15.6. The van der Waals surface area contributed by atoms with Crippen LogP contribution in [0.3, 0.4) is 0 Å². The lowest BCUT2D eigenvalue weighted by Gasteiger charge is -2.29. The number of piperidine rings is 1. The van der Waals surface area contributed by atoms with E-state index in [0.717, 1.165) is 12.8 Å². The van der Waals surface area contributed by atoms with E-state index in [0.29, 0.717) is 50.5 Å². The smallest absolute Gasteiger partial charge is 0.420 e. The molecule has 0 spiro atoms. The summed E-state index contributed by atoms with van der Waals surface area (Å²) in [5.41, 5.74) is -0.898. The van der Waals surface area contributed by atoms with Gasteiger partial charge in [0.2, 0.25) is 21.6 Å². The lowest BCUT2D eigenvalue weighted by Crippen LogP contribution is -2.35. The van der Waals surface area contributed by atoms with Crippen LogP contribution < -0.4 is 9.80 Å². The number of hydrogen-bond acceptors (Lipinski definition) is 8. The molecule has 1 unspecified atom stereocenters. The number of oxazole rings is 1. The Morgan fingerprint density at radius 2 is 1.81 bits per heavy atom. The Balaban J connectivity index is 1.26. The zero-order valence-electron chi connectivity index (χ0n) is 23.0. The molecule has 5 rings (SSSR count). The third kappa shape index (κ3) is 6.57. The Kier molecular flexibility index (Phi) is 8.81. The van der Waals surface area contributed by atoms with Gasteiger partial charge < -0.3 is 14.2 Å².